The highest BCUT2D eigenvalue weighted by atomic mass is 32.2. The first-order valence-electron chi connectivity index (χ1n) is 8.29. The zero-order valence-corrected chi connectivity index (χ0v) is 15.1. The highest BCUT2D eigenvalue weighted by Crippen LogP contribution is 2.19. The van der Waals surface area contributed by atoms with E-state index in [-0.39, 0.29) is 18.6 Å². The molecule has 1 aliphatic heterocycles. The smallest absolute Gasteiger partial charge is 0.232 e. The Hall–Kier alpha value is -1.60. The fourth-order valence-electron chi connectivity index (χ4n) is 2.77. The van der Waals surface area contributed by atoms with Gasteiger partial charge in [0.2, 0.25) is 15.9 Å². The number of nitrogens with zero attached hydrogens (tertiary/aromatic N) is 1. The van der Waals surface area contributed by atoms with Crippen LogP contribution in [0.3, 0.4) is 0 Å². The number of hydrogen-bond donors (Lipinski definition) is 1. The molecule has 2 rings (SSSR count). The topological polar surface area (TPSA) is 75.7 Å². The molecule has 1 aliphatic rings. The molecule has 0 spiro atoms. The third-order valence-corrected chi connectivity index (χ3v) is 5.20. The molecule has 1 aromatic carbocycles. The standard InChI is InChI=1S/C17H26N2O4S/c1-14-6-3-7-15(12-14)19(24(2,21)22)10-4-9-17(20)18-13-16-8-5-11-23-16/h3,6-7,12,16H,4-5,8-11,13H2,1-2H3,(H,18,20)/t16-/m0/s1. The molecule has 24 heavy (non-hydrogen) atoms. The predicted octanol–water partition coefficient (Wildman–Crippen LogP) is 1.84. The lowest BCUT2D eigenvalue weighted by Crippen LogP contribution is -2.34. The van der Waals surface area contributed by atoms with E-state index >= 15 is 0 Å². The number of amides is 1. The zero-order chi connectivity index (χ0) is 17.6. The predicted molar refractivity (Wildman–Crippen MR) is 94.6 cm³/mol. The van der Waals surface area contributed by atoms with E-state index in [1.54, 1.807) is 6.07 Å². The Morgan fingerprint density at radius 2 is 2.21 bits per heavy atom. The molecule has 1 atom stereocenters. The van der Waals surface area contributed by atoms with Crippen LogP contribution in [0, 0.1) is 6.92 Å². The first-order chi connectivity index (χ1) is 11.4. The van der Waals surface area contributed by atoms with Crippen LogP contribution < -0.4 is 9.62 Å². The van der Waals surface area contributed by atoms with Crippen LogP contribution in [-0.2, 0) is 19.6 Å². The number of hydrogen-bond acceptors (Lipinski definition) is 4. The summed E-state index contributed by atoms with van der Waals surface area (Å²) in [6.45, 7) is 3.50. The fourth-order valence-corrected chi connectivity index (χ4v) is 3.73. The van der Waals surface area contributed by atoms with Crippen LogP contribution in [0.5, 0.6) is 0 Å². The van der Waals surface area contributed by atoms with Gasteiger partial charge in [-0.15, -0.1) is 0 Å². The molecule has 6 nitrogen and oxygen atoms in total. The van der Waals surface area contributed by atoms with E-state index in [0.717, 1.165) is 25.0 Å². The lowest BCUT2D eigenvalue weighted by molar-refractivity contribution is -0.121. The molecule has 1 heterocycles. The summed E-state index contributed by atoms with van der Waals surface area (Å²) in [5.74, 6) is -0.0665. The Labute approximate surface area is 144 Å². The Bertz CT molecular complexity index is 654. The van der Waals surface area contributed by atoms with Gasteiger partial charge in [-0.3, -0.25) is 9.10 Å². The number of ether oxygens (including phenoxy) is 1. The first-order valence-corrected chi connectivity index (χ1v) is 10.1. The van der Waals surface area contributed by atoms with Crippen molar-refractivity contribution in [1.29, 1.82) is 0 Å². The summed E-state index contributed by atoms with van der Waals surface area (Å²) >= 11 is 0. The van der Waals surface area contributed by atoms with Crippen molar-refractivity contribution in [3.8, 4) is 0 Å². The second kappa shape index (κ2) is 8.48. The Balaban J connectivity index is 1.83. The van der Waals surface area contributed by atoms with Crippen molar-refractivity contribution in [2.45, 2.75) is 38.7 Å². The SMILES string of the molecule is Cc1cccc(N(CCCC(=O)NC[C@@H]2CCCO2)S(C)(=O)=O)c1. The molecule has 0 aliphatic carbocycles. The van der Waals surface area contributed by atoms with Gasteiger partial charge in [0.1, 0.15) is 0 Å². The van der Waals surface area contributed by atoms with Crippen LogP contribution in [-0.4, -0.2) is 46.4 Å². The van der Waals surface area contributed by atoms with Gasteiger partial charge in [-0.05, 0) is 43.9 Å². The lowest BCUT2D eigenvalue weighted by Gasteiger charge is -2.22. The van der Waals surface area contributed by atoms with Crippen molar-refractivity contribution in [3.05, 3.63) is 29.8 Å². The van der Waals surface area contributed by atoms with Crippen molar-refractivity contribution in [2.24, 2.45) is 0 Å². The maximum Gasteiger partial charge on any atom is 0.232 e. The summed E-state index contributed by atoms with van der Waals surface area (Å²) in [5, 5.41) is 2.85. The van der Waals surface area contributed by atoms with Gasteiger partial charge in [-0.2, -0.15) is 0 Å². The highest BCUT2D eigenvalue weighted by molar-refractivity contribution is 7.92. The molecule has 0 bridgehead atoms. The zero-order valence-electron chi connectivity index (χ0n) is 14.3. The number of benzene rings is 1. The highest BCUT2D eigenvalue weighted by Gasteiger charge is 2.19. The molecule has 0 radical (unpaired) electrons. The third-order valence-electron chi connectivity index (χ3n) is 4.01. The van der Waals surface area contributed by atoms with Gasteiger partial charge in [0.25, 0.3) is 0 Å². The molecule has 0 unspecified atom stereocenters. The van der Waals surface area contributed by atoms with Crippen LogP contribution >= 0.6 is 0 Å². The van der Waals surface area contributed by atoms with Gasteiger partial charge >= 0.3 is 0 Å². The normalized spacial score (nSPS) is 17.7. The maximum atomic E-state index is 12.0. The Morgan fingerprint density at radius 3 is 2.83 bits per heavy atom. The van der Waals surface area contributed by atoms with E-state index < -0.39 is 10.0 Å². The fraction of sp³-hybridized carbons (Fsp3) is 0.588. The molecule has 1 aromatic rings. The molecular weight excluding hydrogens is 328 g/mol. The van der Waals surface area contributed by atoms with Gasteiger partial charge in [0.05, 0.1) is 18.0 Å². The molecule has 0 saturated carbocycles. The summed E-state index contributed by atoms with van der Waals surface area (Å²) in [6.07, 6.45) is 4.10. The Kier molecular flexibility index (Phi) is 6.62. The number of carbonyl (C=O) groups is 1. The first kappa shape index (κ1) is 18.7. The monoisotopic (exact) mass is 354 g/mol. The van der Waals surface area contributed by atoms with Crippen molar-refractivity contribution in [2.75, 3.05) is 30.3 Å². The number of rotatable bonds is 8. The van der Waals surface area contributed by atoms with Crippen molar-refractivity contribution < 1.29 is 17.9 Å². The molecule has 134 valence electrons. The minimum atomic E-state index is -3.38. The summed E-state index contributed by atoms with van der Waals surface area (Å²) < 4.78 is 30.9. The number of nitrogens with one attached hydrogen (secondary N) is 1. The van der Waals surface area contributed by atoms with Crippen LogP contribution in [0.1, 0.15) is 31.2 Å². The van der Waals surface area contributed by atoms with Gasteiger partial charge < -0.3 is 10.1 Å². The van der Waals surface area contributed by atoms with Gasteiger partial charge in [0, 0.05) is 26.1 Å². The number of carbonyl (C=O) groups excluding carboxylic acids is 1. The van der Waals surface area contributed by atoms with E-state index in [0.29, 0.717) is 25.1 Å². The summed E-state index contributed by atoms with van der Waals surface area (Å²) in [7, 11) is -3.38. The summed E-state index contributed by atoms with van der Waals surface area (Å²) in [6, 6.07) is 7.35. The van der Waals surface area contributed by atoms with E-state index in [4.69, 9.17) is 4.74 Å². The minimum Gasteiger partial charge on any atom is -0.376 e. The quantitative estimate of drug-likeness (QED) is 0.773. The van der Waals surface area contributed by atoms with E-state index in [1.165, 1.54) is 10.6 Å². The number of sulfonamides is 1. The van der Waals surface area contributed by atoms with Gasteiger partial charge in [-0.25, -0.2) is 8.42 Å². The van der Waals surface area contributed by atoms with E-state index in [9.17, 15) is 13.2 Å². The number of anilines is 1. The van der Waals surface area contributed by atoms with Crippen LogP contribution in [0.15, 0.2) is 24.3 Å². The molecule has 7 heteroatoms. The van der Waals surface area contributed by atoms with Crippen molar-refractivity contribution in [3.63, 3.8) is 0 Å². The minimum absolute atomic E-state index is 0.0665. The average molecular weight is 354 g/mol. The Morgan fingerprint density at radius 1 is 1.42 bits per heavy atom. The van der Waals surface area contributed by atoms with Crippen LogP contribution in [0.4, 0.5) is 5.69 Å². The lowest BCUT2D eigenvalue weighted by atomic mass is 10.2. The van der Waals surface area contributed by atoms with E-state index in [1.807, 2.05) is 25.1 Å². The molecule has 1 N–H and O–H groups in total. The molecule has 1 amide bonds. The molecule has 1 fully saturated rings. The van der Waals surface area contributed by atoms with Crippen LogP contribution in [0.25, 0.3) is 0 Å². The molecule has 0 aromatic heterocycles. The molecule has 1 saturated heterocycles. The largest absolute Gasteiger partial charge is 0.376 e. The average Bonchev–Trinajstić information content (AvgIpc) is 3.01. The van der Waals surface area contributed by atoms with Gasteiger partial charge in [-0.1, -0.05) is 12.1 Å². The number of aryl methyl sites for hydroxylation is 1. The summed E-state index contributed by atoms with van der Waals surface area (Å²) in [5.41, 5.74) is 1.63. The second-order valence-corrected chi connectivity index (χ2v) is 8.12. The van der Waals surface area contributed by atoms with Crippen LogP contribution in [0.2, 0.25) is 0 Å². The van der Waals surface area contributed by atoms with Gasteiger partial charge in [0.15, 0.2) is 0 Å². The second-order valence-electron chi connectivity index (χ2n) is 6.22. The van der Waals surface area contributed by atoms with Crippen molar-refractivity contribution >= 4 is 21.6 Å². The van der Waals surface area contributed by atoms with Crippen molar-refractivity contribution in [1.82, 2.24) is 5.32 Å². The third kappa shape index (κ3) is 5.79. The summed E-state index contributed by atoms with van der Waals surface area (Å²) in [4.78, 5) is 11.9. The molecular formula is C17H26N2O4S. The maximum absolute atomic E-state index is 12.0. The van der Waals surface area contributed by atoms with E-state index in [2.05, 4.69) is 5.32 Å².